The van der Waals surface area contributed by atoms with Crippen LogP contribution in [-0.4, -0.2) is 60.3 Å². The molecule has 7 nitrogen and oxygen atoms in total. The maximum atomic E-state index is 12.6. The van der Waals surface area contributed by atoms with E-state index in [2.05, 4.69) is 20.7 Å². The maximum Gasteiger partial charge on any atom is 0.411 e. The summed E-state index contributed by atoms with van der Waals surface area (Å²) in [6.07, 6.45) is -2.09. The lowest BCUT2D eigenvalue weighted by atomic mass is 10.1. The zero-order chi connectivity index (χ0) is 21.8. The summed E-state index contributed by atoms with van der Waals surface area (Å²) in [5.41, 5.74) is -0.500. The molecule has 0 unspecified atom stereocenters. The molecular weight excluding hydrogens is 456 g/mol. The van der Waals surface area contributed by atoms with E-state index in [-0.39, 0.29) is 13.0 Å². The second kappa shape index (κ2) is 9.62. The number of alkyl halides is 2. The van der Waals surface area contributed by atoms with Crippen LogP contribution in [0.4, 0.5) is 13.6 Å². The van der Waals surface area contributed by atoms with Gasteiger partial charge in [0.15, 0.2) is 12.4 Å². The van der Waals surface area contributed by atoms with Gasteiger partial charge in [-0.2, -0.15) is 8.78 Å². The quantitative estimate of drug-likeness (QED) is 0.457. The first kappa shape index (κ1) is 23.2. The zero-order valence-corrected chi connectivity index (χ0v) is 17.8. The van der Waals surface area contributed by atoms with E-state index in [0.29, 0.717) is 5.56 Å². The first-order chi connectivity index (χ1) is 13.5. The van der Waals surface area contributed by atoms with Gasteiger partial charge < -0.3 is 14.2 Å². The minimum Gasteiger partial charge on any atom is -0.456 e. The monoisotopic (exact) mass is 477 g/mol. The number of hydrogen-bond donors (Lipinski definition) is 0. The van der Waals surface area contributed by atoms with E-state index in [1.165, 1.54) is 0 Å². The molecule has 29 heavy (non-hydrogen) atoms. The Bertz CT molecular complexity index is 750. The summed E-state index contributed by atoms with van der Waals surface area (Å²) in [5.74, 6) is -1.32. The van der Waals surface area contributed by atoms with Gasteiger partial charge in [-0.05, 0) is 32.9 Å². The lowest BCUT2D eigenvalue weighted by molar-refractivity contribution is -0.160. The summed E-state index contributed by atoms with van der Waals surface area (Å²) in [6.45, 7) is 1.07. The average molecular weight is 478 g/mol. The number of benzene rings is 1. The number of esters is 1. The number of Topliss-reactive ketones (excluding diaryl/α,β-unsaturated/α-hetero) is 1. The molecule has 1 saturated heterocycles. The molecule has 1 aliphatic heterocycles. The van der Waals surface area contributed by atoms with Gasteiger partial charge in [-0.1, -0.05) is 28.1 Å². The molecule has 1 amide bonds. The Morgan fingerprint density at radius 2 is 1.83 bits per heavy atom. The first-order valence-electron chi connectivity index (χ1n) is 8.85. The highest BCUT2D eigenvalue weighted by Gasteiger charge is 2.44. The summed E-state index contributed by atoms with van der Waals surface area (Å²) in [7, 11) is 0. The number of halogens is 3. The minimum absolute atomic E-state index is 0.186. The molecule has 1 fully saturated rings. The number of amides is 1. The largest absolute Gasteiger partial charge is 0.456 e. The molecule has 1 aliphatic rings. The van der Waals surface area contributed by atoms with E-state index >= 15 is 0 Å². The van der Waals surface area contributed by atoms with Crippen LogP contribution in [0.25, 0.3) is 0 Å². The van der Waals surface area contributed by atoms with E-state index in [4.69, 9.17) is 9.47 Å². The second-order valence-corrected chi connectivity index (χ2v) is 8.36. The SMILES string of the molecule is CC(C)(C)OC(=O)N1C[C@@H](OC(F)F)C[C@H]1C(=O)OCC(=O)c1ccc(Br)cc1. The van der Waals surface area contributed by atoms with E-state index in [9.17, 15) is 23.2 Å². The summed E-state index contributed by atoms with van der Waals surface area (Å²) in [4.78, 5) is 38.0. The molecule has 2 atom stereocenters. The predicted molar refractivity (Wildman–Crippen MR) is 102 cm³/mol. The van der Waals surface area contributed by atoms with Gasteiger partial charge in [0.1, 0.15) is 11.6 Å². The van der Waals surface area contributed by atoms with E-state index in [1.807, 2.05) is 0 Å². The third-order valence-electron chi connectivity index (χ3n) is 3.97. The van der Waals surface area contributed by atoms with E-state index in [1.54, 1.807) is 45.0 Å². The van der Waals surface area contributed by atoms with Gasteiger partial charge in [0.05, 0.1) is 12.6 Å². The fourth-order valence-corrected chi connectivity index (χ4v) is 3.00. The molecule has 0 spiro atoms. The Morgan fingerprint density at radius 1 is 1.21 bits per heavy atom. The third kappa shape index (κ3) is 7.04. The Labute approximate surface area is 175 Å². The molecule has 2 rings (SSSR count). The Morgan fingerprint density at radius 3 is 2.38 bits per heavy atom. The summed E-state index contributed by atoms with van der Waals surface area (Å²) >= 11 is 3.25. The zero-order valence-electron chi connectivity index (χ0n) is 16.2. The fourth-order valence-electron chi connectivity index (χ4n) is 2.74. The number of rotatable bonds is 6. The Kier molecular flexibility index (Phi) is 7.70. The smallest absolute Gasteiger partial charge is 0.411 e. The summed E-state index contributed by atoms with van der Waals surface area (Å²) in [5, 5.41) is 0. The Hall–Kier alpha value is -2.07. The lowest BCUT2D eigenvalue weighted by Crippen LogP contribution is -2.44. The lowest BCUT2D eigenvalue weighted by Gasteiger charge is -2.27. The van der Waals surface area contributed by atoms with Crippen LogP contribution < -0.4 is 0 Å². The standard InChI is InChI=1S/C19H22BrF2NO6/c1-19(2,3)29-18(26)23-9-13(28-17(21)22)8-14(23)16(25)27-10-15(24)11-4-6-12(20)7-5-11/h4-7,13-14,17H,8-10H2,1-3H3/t13-,14-/m0/s1. The molecular formula is C19H22BrF2NO6. The van der Waals surface area contributed by atoms with Gasteiger partial charge in [0.25, 0.3) is 0 Å². The maximum absolute atomic E-state index is 12.6. The molecule has 160 valence electrons. The summed E-state index contributed by atoms with van der Waals surface area (Å²) < 4.78 is 40.6. The van der Waals surface area contributed by atoms with Crippen LogP contribution in [0.2, 0.25) is 0 Å². The number of nitrogens with zero attached hydrogens (tertiary/aromatic N) is 1. The second-order valence-electron chi connectivity index (χ2n) is 7.44. The van der Waals surface area contributed by atoms with Crippen molar-refractivity contribution in [1.29, 1.82) is 0 Å². The van der Waals surface area contributed by atoms with Crippen LogP contribution in [0, 0.1) is 0 Å². The van der Waals surface area contributed by atoms with Crippen molar-refractivity contribution in [3.05, 3.63) is 34.3 Å². The van der Waals surface area contributed by atoms with Gasteiger partial charge in [0, 0.05) is 16.5 Å². The number of carbonyl (C=O) groups is 3. The first-order valence-corrected chi connectivity index (χ1v) is 9.64. The topological polar surface area (TPSA) is 82.1 Å². The molecule has 1 aromatic carbocycles. The van der Waals surface area contributed by atoms with Gasteiger partial charge in [0.2, 0.25) is 0 Å². The van der Waals surface area contributed by atoms with Crippen LogP contribution in [0.5, 0.6) is 0 Å². The van der Waals surface area contributed by atoms with Crippen molar-refractivity contribution in [1.82, 2.24) is 4.90 Å². The molecule has 0 saturated carbocycles. The molecule has 0 aromatic heterocycles. The van der Waals surface area contributed by atoms with Crippen LogP contribution in [0.1, 0.15) is 37.6 Å². The van der Waals surface area contributed by atoms with Crippen LogP contribution in [0.15, 0.2) is 28.7 Å². The van der Waals surface area contributed by atoms with Crippen molar-refractivity contribution in [2.45, 2.75) is 51.6 Å². The van der Waals surface area contributed by atoms with Crippen LogP contribution in [-0.2, 0) is 19.0 Å². The minimum atomic E-state index is -3.05. The van der Waals surface area contributed by atoms with E-state index in [0.717, 1.165) is 9.37 Å². The highest BCUT2D eigenvalue weighted by molar-refractivity contribution is 9.10. The normalized spacial score (nSPS) is 19.3. The molecule has 1 aromatic rings. The van der Waals surface area contributed by atoms with Crippen molar-refractivity contribution in [2.24, 2.45) is 0 Å². The van der Waals surface area contributed by atoms with Crippen molar-refractivity contribution < 1.29 is 37.4 Å². The molecule has 10 heteroatoms. The van der Waals surface area contributed by atoms with Gasteiger partial charge >= 0.3 is 18.7 Å². The van der Waals surface area contributed by atoms with E-state index < -0.39 is 48.8 Å². The summed E-state index contributed by atoms with van der Waals surface area (Å²) in [6, 6.07) is 5.28. The molecule has 1 heterocycles. The van der Waals surface area contributed by atoms with Crippen LogP contribution >= 0.6 is 15.9 Å². The van der Waals surface area contributed by atoms with Gasteiger partial charge in [-0.3, -0.25) is 9.69 Å². The van der Waals surface area contributed by atoms with Crippen LogP contribution in [0.3, 0.4) is 0 Å². The highest BCUT2D eigenvalue weighted by atomic mass is 79.9. The number of likely N-dealkylation sites (tertiary alicyclic amines) is 1. The number of ketones is 1. The Balaban J connectivity index is 2.04. The van der Waals surface area contributed by atoms with Gasteiger partial charge in [-0.25, -0.2) is 9.59 Å². The molecule has 0 N–H and O–H groups in total. The average Bonchev–Trinajstić information content (AvgIpc) is 3.02. The van der Waals surface area contributed by atoms with Crippen molar-refractivity contribution in [3.8, 4) is 0 Å². The van der Waals surface area contributed by atoms with Crippen molar-refractivity contribution in [2.75, 3.05) is 13.2 Å². The molecule has 0 aliphatic carbocycles. The number of carbonyl (C=O) groups excluding carboxylic acids is 3. The fraction of sp³-hybridized carbons (Fsp3) is 0.526. The number of ether oxygens (including phenoxy) is 3. The molecule has 0 bridgehead atoms. The third-order valence-corrected chi connectivity index (χ3v) is 4.50. The highest BCUT2D eigenvalue weighted by Crippen LogP contribution is 2.25. The number of hydrogen-bond acceptors (Lipinski definition) is 6. The van der Waals surface area contributed by atoms with Crippen molar-refractivity contribution >= 4 is 33.8 Å². The van der Waals surface area contributed by atoms with Crippen molar-refractivity contribution in [3.63, 3.8) is 0 Å². The predicted octanol–water partition coefficient (Wildman–Crippen LogP) is 3.79. The van der Waals surface area contributed by atoms with Gasteiger partial charge in [-0.15, -0.1) is 0 Å². The molecule has 0 radical (unpaired) electrons.